The predicted octanol–water partition coefficient (Wildman–Crippen LogP) is 0.663. The monoisotopic (exact) mass is 346 g/mol. The molecule has 0 atom stereocenters. The molecule has 0 bridgehead atoms. The lowest BCUT2D eigenvalue weighted by Gasteiger charge is -2.36. The van der Waals surface area contributed by atoms with Gasteiger partial charge in [-0.15, -0.1) is 0 Å². The maximum absolute atomic E-state index is 12.9. The molecule has 2 amide bonds. The van der Waals surface area contributed by atoms with Crippen molar-refractivity contribution in [1.82, 2.24) is 15.2 Å². The van der Waals surface area contributed by atoms with Gasteiger partial charge in [0.2, 0.25) is 11.8 Å². The molecule has 0 aromatic carbocycles. The maximum atomic E-state index is 12.9. The first-order valence-electron chi connectivity index (χ1n) is 8.90. The number of pyridine rings is 1. The van der Waals surface area contributed by atoms with Gasteiger partial charge in [0.1, 0.15) is 11.2 Å². The van der Waals surface area contributed by atoms with Crippen LogP contribution in [0.2, 0.25) is 0 Å². The van der Waals surface area contributed by atoms with Crippen LogP contribution in [0.3, 0.4) is 0 Å². The number of nitrogens with zero attached hydrogens (tertiary/aromatic N) is 3. The van der Waals surface area contributed by atoms with Crippen molar-refractivity contribution in [2.45, 2.75) is 19.3 Å². The number of nitrogens with one attached hydrogen (secondary N) is 1. The number of piperazine rings is 1. The van der Waals surface area contributed by atoms with Crippen molar-refractivity contribution < 1.29 is 14.3 Å². The molecule has 1 aliphatic carbocycles. The van der Waals surface area contributed by atoms with Crippen molar-refractivity contribution in [1.29, 1.82) is 0 Å². The molecular weight excluding hydrogens is 320 g/mol. The minimum atomic E-state index is -0.819. The Morgan fingerprint density at radius 3 is 2.60 bits per heavy atom. The number of hydrogen-bond acceptors (Lipinski definition) is 5. The first-order valence-corrected chi connectivity index (χ1v) is 8.90. The van der Waals surface area contributed by atoms with E-state index in [2.05, 4.69) is 15.2 Å². The van der Waals surface area contributed by atoms with Crippen molar-refractivity contribution in [2.24, 2.45) is 5.41 Å². The lowest BCUT2D eigenvalue weighted by molar-refractivity contribution is -0.144. The summed E-state index contributed by atoms with van der Waals surface area (Å²) in [4.78, 5) is 33.7. The SMILES string of the molecule is COCCCNC(=O)C1(C(=O)N2CCN(c3ccccn3)CC2)CC1. The molecule has 2 fully saturated rings. The first kappa shape index (κ1) is 17.7. The number of aromatic nitrogens is 1. The minimum absolute atomic E-state index is 0.0163. The van der Waals surface area contributed by atoms with Gasteiger partial charge in [0.05, 0.1) is 0 Å². The van der Waals surface area contributed by atoms with Gasteiger partial charge in [0.25, 0.3) is 0 Å². The van der Waals surface area contributed by atoms with Crippen LogP contribution in [-0.2, 0) is 14.3 Å². The Hall–Kier alpha value is -2.15. The smallest absolute Gasteiger partial charge is 0.238 e. The average molecular weight is 346 g/mol. The van der Waals surface area contributed by atoms with Gasteiger partial charge in [-0.25, -0.2) is 4.98 Å². The fraction of sp³-hybridized carbons (Fsp3) is 0.611. The van der Waals surface area contributed by atoms with Gasteiger partial charge >= 0.3 is 0 Å². The molecule has 1 aromatic heterocycles. The van der Waals surface area contributed by atoms with Crippen LogP contribution in [-0.4, -0.2) is 68.1 Å². The molecule has 2 aliphatic rings. The van der Waals surface area contributed by atoms with E-state index in [1.807, 2.05) is 23.1 Å². The fourth-order valence-corrected chi connectivity index (χ4v) is 3.23. The van der Waals surface area contributed by atoms with Gasteiger partial charge in [0, 0.05) is 52.6 Å². The number of carbonyl (C=O) groups is 2. The highest BCUT2D eigenvalue weighted by Crippen LogP contribution is 2.47. The van der Waals surface area contributed by atoms with E-state index < -0.39 is 5.41 Å². The molecule has 0 unspecified atom stereocenters. The van der Waals surface area contributed by atoms with Gasteiger partial charge in [-0.1, -0.05) is 6.07 Å². The summed E-state index contributed by atoms with van der Waals surface area (Å²) in [7, 11) is 1.64. The summed E-state index contributed by atoms with van der Waals surface area (Å²) in [6.07, 6.45) is 3.85. The topological polar surface area (TPSA) is 74.8 Å². The van der Waals surface area contributed by atoms with Crippen molar-refractivity contribution in [3.05, 3.63) is 24.4 Å². The summed E-state index contributed by atoms with van der Waals surface area (Å²) in [6.45, 7) is 3.91. The van der Waals surface area contributed by atoms with Gasteiger partial charge in [-0.3, -0.25) is 9.59 Å². The van der Waals surface area contributed by atoms with Crippen molar-refractivity contribution in [2.75, 3.05) is 51.3 Å². The van der Waals surface area contributed by atoms with Gasteiger partial charge < -0.3 is 19.9 Å². The van der Waals surface area contributed by atoms with E-state index in [-0.39, 0.29) is 11.8 Å². The summed E-state index contributed by atoms with van der Waals surface area (Å²) in [5.74, 6) is 0.796. The van der Waals surface area contributed by atoms with E-state index >= 15 is 0 Å². The van der Waals surface area contributed by atoms with Gasteiger partial charge in [0.15, 0.2) is 0 Å². The quantitative estimate of drug-likeness (QED) is 0.580. The molecule has 2 heterocycles. The summed E-state index contributed by atoms with van der Waals surface area (Å²) in [5, 5.41) is 2.89. The summed E-state index contributed by atoms with van der Waals surface area (Å²) in [6, 6.07) is 5.84. The van der Waals surface area contributed by atoms with Gasteiger partial charge in [-0.2, -0.15) is 0 Å². The zero-order valence-electron chi connectivity index (χ0n) is 14.7. The second kappa shape index (κ2) is 7.82. The van der Waals surface area contributed by atoms with Crippen molar-refractivity contribution in [3.63, 3.8) is 0 Å². The normalized spacial score (nSPS) is 18.8. The average Bonchev–Trinajstić information content (AvgIpc) is 3.47. The molecular formula is C18H26N4O3. The second-order valence-electron chi connectivity index (χ2n) is 6.65. The predicted molar refractivity (Wildman–Crippen MR) is 94.2 cm³/mol. The molecule has 1 aromatic rings. The molecule has 1 saturated carbocycles. The highest BCUT2D eigenvalue weighted by molar-refractivity contribution is 6.07. The number of carbonyl (C=O) groups excluding carboxylic acids is 2. The first-order chi connectivity index (χ1) is 12.2. The van der Waals surface area contributed by atoms with E-state index in [0.717, 1.165) is 25.3 Å². The molecule has 7 heteroatoms. The van der Waals surface area contributed by atoms with Crippen molar-refractivity contribution in [3.8, 4) is 0 Å². The van der Waals surface area contributed by atoms with Crippen LogP contribution in [0.15, 0.2) is 24.4 Å². The van der Waals surface area contributed by atoms with Gasteiger partial charge in [-0.05, 0) is 31.4 Å². The fourth-order valence-electron chi connectivity index (χ4n) is 3.23. The highest BCUT2D eigenvalue weighted by Gasteiger charge is 2.58. The Labute approximate surface area is 148 Å². The maximum Gasteiger partial charge on any atom is 0.238 e. The zero-order valence-corrected chi connectivity index (χ0v) is 14.7. The van der Waals surface area contributed by atoms with Crippen LogP contribution < -0.4 is 10.2 Å². The Bertz CT molecular complexity index is 596. The molecule has 25 heavy (non-hydrogen) atoms. The summed E-state index contributed by atoms with van der Waals surface area (Å²) >= 11 is 0. The Balaban J connectivity index is 1.51. The summed E-state index contributed by atoms with van der Waals surface area (Å²) in [5.41, 5.74) is -0.819. The van der Waals surface area contributed by atoms with Crippen LogP contribution in [0.5, 0.6) is 0 Å². The standard InChI is InChI=1S/C18H26N4O3/c1-25-14-4-9-20-16(23)18(6-7-18)17(24)22-12-10-21(11-13-22)15-5-2-3-8-19-15/h2-3,5,8H,4,6-7,9-14H2,1H3,(H,20,23). The van der Waals surface area contributed by atoms with Crippen LogP contribution in [0, 0.1) is 5.41 Å². The van der Waals surface area contributed by atoms with E-state index in [1.165, 1.54) is 0 Å². The van der Waals surface area contributed by atoms with E-state index in [4.69, 9.17) is 4.74 Å². The number of amides is 2. The largest absolute Gasteiger partial charge is 0.385 e. The number of methoxy groups -OCH3 is 1. The lowest BCUT2D eigenvalue weighted by atomic mass is 10.0. The van der Waals surface area contributed by atoms with Crippen molar-refractivity contribution >= 4 is 17.6 Å². The third kappa shape index (κ3) is 3.92. The van der Waals surface area contributed by atoms with E-state index in [1.54, 1.807) is 13.3 Å². The number of anilines is 1. The Morgan fingerprint density at radius 2 is 2.00 bits per heavy atom. The van der Waals surface area contributed by atoms with Crippen LogP contribution in [0.25, 0.3) is 0 Å². The Morgan fingerprint density at radius 1 is 1.24 bits per heavy atom. The number of rotatable bonds is 7. The van der Waals surface area contributed by atoms with Crippen LogP contribution >= 0.6 is 0 Å². The molecule has 0 radical (unpaired) electrons. The zero-order chi connectivity index (χ0) is 17.7. The third-order valence-corrected chi connectivity index (χ3v) is 4.94. The third-order valence-electron chi connectivity index (χ3n) is 4.94. The number of ether oxygens (including phenoxy) is 1. The minimum Gasteiger partial charge on any atom is -0.385 e. The molecule has 7 nitrogen and oxygen atoms in total. The highest BCUT2D eigenvalue weighted by atomic mass is 16.5. The Kier molecular flexibility index (Phi) is 5.53. The molecule has 1 aliphatic heterocycles. The lowest BCUT2D eigenvalue weighted by Crippen LogP contribution is -2.53. The molecule has 136 valence electrons. The van der Waals surface area contributed by atoms with Crippen LogP contribution in [0.4, 0.5) is 5.82 Å². The molecule has 3 rings (SSSR count). The molecule has 1 N–H and O–H groups in total. The number of hydrogen-bond donors (Lipinski definition) is 1. The second-order valence-corrected chi connectivity index (χ2v) is 6.65. The summed E-state index contributed by atoms with van der Waals surface area (Å²) < 4.78 is 4.98. The molecule has 1 saturated heterocycles. The van der Waals surface area contributed by atoms with E-state index in [0.29, 0.717) is 39.1 Å². The molecule has 0 spiro atoms. The van der Waals surface area contributed by atoms with E-state index in [9.17, 15) is 9.59 Å². The van der Waals surface area contributed by atoms with Crippen LogP contribution in [0.1, 0.15) is 19.3 Å².